The fraction of sp³-hybridized carbons (Fsp3) is 0.211. The summed E-state index contributed by atoms with van der Waals surface area (Å²) in [5.74, 6) is 0.256. The van der Waals surface area contributed by atoms with E-state index >= 15 is 0 Å². The van der Waals surface area contributed by atoms with Crippen molar-refractivity contribution in [1.82, 2.24) is 14.8 Å². The molecular weight excluding hydrogens is 430 g/mol. The zero-order valence-corrected chi connectivity index (χ0v) is 17.5. The maximum absolute atomic E-state index is 12.3. The summed E-state index contributed by atoms with van der Waals surface area (Å²) in [4.78, 5) is 22.9. The number of hydrogen-bond donors (Lipinski definition) is 1. The van der Waals surface area contributed by atoms with Gasteiger partial charge >= 0.3 is 0 Å². The molecule has 2 aromatic carbocycles. The number of para-hydroxylation sites is 2. The molecule has 30 heavy (non-hydrogen) atoms. The number of hydrogen-bond acceptors (Lipinski definition) is 7. The molecule has 156 valence electrons. The third kappa shape index (κ3) is 5.35. The number of amides is 1. The molecule has 1 amide bonds. The number of nitro groups is 1. The van der Waals surface area contributed by atoms with Crippen LogP contribution < -0.4 is 5.32 Å². The molecule has 0 unspecified atom stereocenters. The summed E-state index contributed by atoms with van der Waals surface area (Å²) in [6.07, 6.45) is 0. The molecule has 0 aliphatic heterocycles. The van der Waals surface area contributed by atoms with E-state index in [1.165, 1.54) is 23.9 Å². The second kappa shape index (κ2) is 10.2. The van der Waals surface area contributed by atoms with Crippen LogP contribution in [0.3, 0.4) is 0 Å². The van der Waals surface area contributed by atoms with Gasteiger partial charge in [-0.2, -0.15) is 0 Å². The number of methoxy groups -OCH3 is 1. The Morgan fingerprint density at radius 3 is 2.67 bits per heavy atom. The minimum Gasteiger partial charge on any atom is -0.383 e. The van der Waals surface area contributed by atoms with E-state index in [4.69, 9.17) is 16.3 Å². The Morgan fingerprint density at radius 2 is 1.97 bits per heavy atom. The number of aromatic nitrogens is 3. The van der Waals surface area contributed by atoms with E-state index in [0.717, 1.165) is 5.56 Å². The molecule has 0 saturated carbocycles. The number of halogens is 1. The first-order valence-electron chi connectivity index (χ1n) is 8.83. The van der Waals surface area contributed by atoms with Gasteiger partial charge in [0.15, 0.2) is 11.0 Å². The van der Waals surface area contributed by atoms with Gasteiger partial charge in [0.25, 0.3) is 5.69 Å². The summed E-state index contributed by atoms with van der Waals surface area (Å²) in [6.45, 7) is 0.935. The molecule has 3 rings (SSSR count). The quantitative estimate of drug-likeness (QED) is 0.301. The van der Waals surface area contributed by atoms with E-state index in [2.05, 4.69) is 15.5 Å². The van der Waals surface area contributed by atoms with Crippen molar-refractivity contribution in [3.8, 4) is 11.4 Å². The highest BCUT2D eigenvalue weighted by Crippen LogP contribution is 2.26. The largest absolute Gasteiger partial charge is 0.383 e. The van der Waals surface area contributed by atoms with Crippen LogP contribution in [0.1, 0.15) is 0 Å². The number of ether oxygens (including phenoxy) is 1. The normalized spacial score (nSPS) is 10.7. The lowest BCUT2D eigenvalue weighted by molar-refractivity contribution is -0.383. The molecule has 1 N–H and O–H groups in total. The molecule has 1 aromatic heterocycles. The second-order valence-electron chi connectivity index (χ2n) is 6.07. The van der Waals surface area contributed by atoms with Crippen molar-refractivity contribution < 1.29 is 14.5 Å². The van der Waals surface area contributed by atoms with Crippen LogP contribution in [-0.4, -0.2) is 45.1 Å². The van der Waals surface area contributed by atoms with E-state index in [9.17, 15) is 14.9 Å². The second-order valence-corrected chi connectivity index (χ2v) is 7.45. The Kier molecular flexibility index (Phi) is 7.39. The Labute approximate surface area is 181 Å². The molecule has 3 aromatic rings. The zero-order valence-electron chi connectivity index (χ0n) is 15.9. The van der Waals surface area contributed by atoms with Crippen molar-refractivity contribution in [1.29, 1.82) is 0 Å². The lowest BCUT2D eigenvalue weighted by Crippen LogP contribution is -2.16. The van der Waals surface area contributed by atoms with Crippen LogP contribution in [0.5, 0.6) is 0 Å². The van der Waals surface area contributed by atoms with Gasteiger partial charge in [0.2, 0.25) is 5.91 Å². The zero-order chi connectivity index (χ0) is 21.5. The van der Waals surface area contributed by atoms with E-state index in [1.807, 2.05) is 16.7 Å². The maximum atomic E-state index is 12.3. The Morgan fingerprint density at radius 1 is 1.23 bits per heavy atom. The Bertz CT molecular complexity index is 1040. The van der Waals surface area contributed by atoms with Crippen LogP contribution in [0.4, 0.5) is 11.4 Å². The summed E-state index contributed by atoms with van der Waals surface area (Å²) in [5.41, 5.74) is 0.819. The molecule has 9 nitrogen and oxygen atoms in total. The molecular formula is C19H18ClN5O4S. The van der Waals surface area contributed by atoms with Gasteiger partial charge in [0.1, 0.15) is 5.69 Å². The Hall–Kier alpha value is -2.95. The van der Waals surface area contributed by atoms with Crippen molar-refractivity contribution in [2.24, 2.45) is 0 Å². The van der Waals surface area contributed by atoms with Crippen LogP contribution in [0, 0.1) is 10.1 Å². The first kappa shape index (κ1) is 21.8. The first-order chi connectivity index (χ1) is 14.5. The van der Waals surface area contributed by atoms with Crippen LogP contribution in [0.2, 0.25) is 5.02 Å². The third-order valence-electron chi connectivity index (χ3n) is 4.05. The first-order valence-corrected chi connectivity index (χ1v) is 10.2. The minimum absolute atomic E-state index is 0.0117. The van der Waals surface area contributed by atoms with Crippen molar-refractivity contribution >= 4 is 40.6 Å². The van der Waals surface area contributed by atoms with Gasteiger partial charge in [-0.05, 0) is 30.3 Å². The molecule has 0 spiro atoms. The average Bonchev–Trinajstić information content (AvgIpc) is 3.14. The maximum Gasteiger partial charge on any atom is 0.292 e. The van der Waals surface area contributed by atoms with Crippen LogP contribution in [0.25, 0.3) is 11.4 Å². The molecule has 0 aliphatic carbocycles. The number of nitrogens with one attached hydrogen (secondary N) is 1. The number of rotatable bonds is 9. The lowest BCUT2D eigenvalue weighted by atomic mass is 10.2. The number of nitro benzene ring substituents is 1. The fourth-order valence-electron chi connectivity index (χ4n) is 2.65. The number of carbonyl (C=O) groups is 1. The van der Waals surface area contributed by atoms with E-state index in [1.54, 1.807) is 31.4 Å². The SMILES string of the molecule is COCCn1c(SCC(=O)Nc2ccccc2[N+](=O)[O-])nnc1-c1ccc(Cl)cc1. The molecule has 0 bridgehead atoms. The molecule has 0 fully saturated rings. The highest BCUT2D eigenvalue weighted by molar-refractivity contribution is 7.99. The van der Waals surface area contributed by atoms with Crippen molar-refractivity contribution in [2.75, 3.05) is 24.8 Å². The van der Waals surface area contributed by atoms with E-state index in [-0.39, 0.29) is 23.0 Å². The third-order valence-corrected chi connectivity index (χ3v) is 5.26. The number of benzene rings is 2. The predicted molar refractivity (Wildman–Crippen MR) is 115 cm³/mol. The number of thioether (sulfide) groups is 1. The topological polar surface area (TPSA) is 112 Å². The van der Waals surface area contributed by atoms with Gasteiger partial charge in [-0.1, -0.05) is 35.5 Å². The summed E-state index contributed by atoms with van der Waals surface area (Å²) >= 11 is 7.14. The molecule has 0 radical (unpaired) electrons. The summed E-state index contributed by atoms with van der Waals surface area (Å²) in [7, 11) is 1.60. The van der Waals surface area contributed by atoms with Gasteiger partial charge < -0.3 is 10.1 Å². The standard InChI is InChI=1S/C19H18ClN5O4S/c1-29-11-10-24-18(13-6-8-14(20)9-7-13)22-23-19(24)30-12-17(26)21-15-4-2-3-5-16(15)25(27)28/h2-9H,10-12H2,1H3,(H,21,26). The minimum atomic E-state index is -0.539. The van der Waals surface area contributed by atoms with Gasteiger partial charge in [-0.25, -0.2) is 0 Å². The monoisotopic (exact) mass is 447 g/mol. The van der Waals surface area contributed by atoms with Crippen molar-refractivity contribution in [2.45, 2.75) is 11.7 Å². The summed E-state index contributed by atoms with van der Waals surface area (Å²) < 4.78 is 7.03. The lowest BCUT2D eigenvalue weighted by Gasteiger charge is -2.10. The number of carbonyl (C=O) groups excluding carboxylic acids is 1. The van der Waals surface area contributed by atoms with Crippen LogP contribution >= 0.6 is 23.4 Å². The molecule has 0 atom stereocenters. The highest BCUT2D eigenvalue weighted by atomic mass is 35.5. The smallest absolute Gasteiger partial charge is 0.292 e. The van der Waals surface area contributed by atoms with Crippen LogP contribution in [0.15, 0.2) is 53.7 Å². The predicted octanol–water partition coefficient (Wildman–Crippen LogP) is 3.88. The summed E-state index contributed by atoms with van der Waals surface area (Å²) in [5, 5.41) is 23.2. The molecule has 1 heterocycles. The van der Waals surface area contributed by atoms with E-state index in [0.29, 0.717) is 29.2 Å². The molecule has 0 saturated heterocycles. The Balaban J connectivity index is 1.74. The average molecular weight is 448 g/mol. The van der Waals surface area contributed by atoms with Gasteiger partial charge in [0.05, 0.1) is 23.8 Å². The van der Waals surface area contributed by atoms with E-state index < -0.39 is 4.92 Å². The van der Waals surface area contributed by atoms with Crippen molar-refractivity contribution in [3.63, 3.8) is 0 Å². The van der Waals surface area contributed by atoms with Crippen molar-refractivity contribution in [3.05, 3.63) is 63.7 Å². The highest BCUT2D eigenvalue weighted by Gasteiger charge is 2.18. The van der Waals surface area contributed by atoms with Gasteiger partial charge in [-0.3, -0.25) is 19.5 Å². The summed E-state index contributed by atoms with van der Waals surface area (Å²) in [6, 6.07) is 13.2. The van der Waals surface area contributed by atoms with Gasteiger partial charge in [-0.15, -0.1) is 10.2 Å². The molecule has 11 heteroatoms. The van der Waals surface area contributed by atoms with Gasteiger partial charge in [0, 0.05) is 23.8 Å². The fourth-order valence-corrected chi connectivity index (χ4v) is 3.54. The molecule has 0 aliphatic rings. The number of anilines is 1. The number of nitrogens with zero attached hydrogens (tertiary/aromatic N) is 4. The van der Waals surface area contributed by atoms with Crippen LogP contribution in [-0.2, 0) is 16.1 Å².